The third-order valence-corrected chi connectivity index (χ3v) is 3.13. The molecule has 7 N–H and O–H groups in total. The maximum atomic E-state index is 11.6. The number of rotatable bonds is 5. The van der Waals surface area contributed by atoms with Crippen LogP contribution in [0.1, 0.15) is 0 Å². The molecule has 0 aliphatic heterocycles. The van der Waals surface area contributed by atoms with Crippen LogP contribution in [0.3, 0.4) is 0 Å². The summed E-state index contributed by atoms with van der Waals surface area (Å²) in [5.41, 5.74) is 10.2. The van der Waals surface area contributed by atoms with Crippen molar-refractivity contribution in [2.45, 2.75) is 4.90 Å². The highest BCUT2D eigenvalue weighted by molar-refractivity contribution is 7.89. The van der Waals surface area contributed by atoms with E-state index in [1.54, 1.807) is 0 Å². The summed E-state index contributed by atoms with van der Waals surface area (Å²) in [7, 11) is -3.71. The second-order valence-corrected chi connectivity index (χ2v) is 4.57. The molecule has 0 fully saturated rings. The Morgan fingerprint density at radius 3 is 2.69 bits per heavy atom. The van der Waals surface area contributed by atoms with Crippen LogP contribution in [0.4, 0.5) is 10.6 Å². The Morgan fingerprint density at radius 2 is 2.19 bits per heavy atom. The maximum absolute atomic E-state index is 11.6. The smallest absolute Gasteiger partial charge is 0.312 e. The molecule has 9 nitrogen and oxygen atoms in total. The summed E-state index contributed by atoms with van der Waals surface area (Å²) in [6, 6.07) is -0.720. The molecular formula is C6H12N6O3S. The molecule has 0 unspecified atom stereocenters. The van der Waals surface area contributed by atoms with Gasteiger partial charge in [0.25, 0.3) is 0 Å². The number of amides is 2. The average Bonchev–Trinajstić information content (AvgIpc) is 2.59. The molecule has 0 atom stereocenters. The third kappa shape index (κ3) is 3.10. The van der Waals surface area contributed by atoms with E-state index in [0.29, 0.717) is 0 Å². The summed E-state index contributed by atoms with van der Waals surface area (Å²) in [5.74, 6) is -0.0460. The number of carbonyl (C=O) groups is 1. The second-order valence-electron chi connectivity index (χ2n) is 2.84. The van der Waals surface area contributed by atoms with E-state index in [1.807, 2.05) is 0 Å². The molecule has 0 bridgehead atoms. The predicted molar refractivity (Wildman–Crippen MR) is 55.8 cm³/mol. The zero-order valence-corrected chi connectivity index (χ0v) is 9.04. The molecule has 1 aromatic heterocycles. The highest BCUT2D eigenvalue weighted by Crippen LogP contribution is 2.12. The maximum Gasteiger partial charge on any atom is 0.312 e. The number of H-pyrrole nitrogens is 1. The fraction of sp³-hybridized carbons (Fsp3) is 0.333. The van der Waals surface area contributed by atoms with Gasteiger partial charge >= 0.3 is 6.03 Å². The minimum Gasteiger partial charge on any atom is -0.383 e. The van der Waals surface area contributed by atoms with Crippen molar-refractivity contribution in [1.29, 1.82) is 0 Å². The van der Waals surface area contributed by atoms with Crippen molar-refractivity contribution >= 4 is 21.9 Å². The molecule has 1 aromatic rings. The van der Waals surface area contributed by atoms with E-state index < -0.39 is 16.1 Å². The van der Waals surface area contributed by atoms with Gasteiger partial charge in [-0.2, -0.15) is 5.10 Å². The number of hydrogen-bond acceptors (Lipinski definition) is 5. The summed E-state index contributed by atoms with van der Waals surface area (Å²) in [6.07, 6.45) is 1.10. The van der Waals surface area contributed by atoms with Crippen molar-refractivity contribution in [3.05, 3.63) is 6.20 Å². The number of primary amides is 1. The third-order valence-electron chi connectivity index (χ3n) is 1.64. The largest absolute Gasteiger partial charge is 0.383 e. The van der Waals surface area contributed by atoms with Gasteiger partial charge in [-0.1, -0.05) is 0 Å². The number of nitrogens with zero attached hydrogens (tertiary/aromatic N) is 1. The zero-order valence-electron chi connectivity index (χ0n) is 8.23. The fourth-order valence-corrected chi connectivity index (χ4v) is 2.00. The van der Waals surface area contributed by atoms with Crippen LogP contribution in [0.5, 0.6) is 0 Å². The van der Waals surface area contributed by atoms with E-state index in [-0.39, 0.29) is 23.8 Å². The van der Waals surface area contributed by atoms with Crippen LogP contribution in [-0.4, -0.2) is 37.7 Å². The highest BCUT2D eigenvalue weighted by atomic mass is 32.2. The minimum absolute atomic E-state index is 0.00981. The molecule has 1 rings (SSSR count). The van der Waals surface area contributed by atoms with Gasteiger partial charge in [-0.05, 0) is 0 Å². The van der Waals surface area contributed by atoms with Gasteiger partial charge in [-0.15, -0.1) is 0 Å². The van der Waals surface area contributed by atoms with E-state index in [1.165, 1.54) is 0 Å². The van der Waals surface area contributed by atoms with E-state index in [2.05, 4.69) is 20.2 Å². The summed E-state index contributed by atoms with van der Waals surface area (Å²) in [6.45, 7) is 0.0994. The normalized spacial score (nSPS) is 11.2. The fourth-order valence-electron chi connectivity index (χ4n) is 0.948. The Kier molecular flexibility index (Phi) is 3.68. The molecule has 0 aliphatic rings. The lowest BCUT2D eigenvalue weighted by Crippen LogP contribution is -2.37. The van der Waals surface area contributed by atoms with Crippen LogP contribution in [0.25, 0.3) is 0 Å². The summed E-state index contributed by atoms with van der Waals surface area (Å²) in [4.78, 5) is 10.2. The van der Waals surface area contributed by atoms with Gasteiger partial charge in [0, 0.05) is 13.1 Å². The standard InChI is InChI=1S/C6H12N6O3S/c7-5-4(3-10-12-5)16(14,15)11-2-1-9-6(8)13/h3,11H,1-2H2,(H3,7,10,12)(H3,8,9,13). The Bertz CT molecular complexity index is 466. The SMILES string of the molecule is NC(=O)NCCNS(=O)(=O)c1cn[nH]c1N. The van der Waals surface area contributed by atoms with Crippen molar-refractivity contribution in [3.8, 4) is 0 Å². The number of carbonyl (C=O) groups excluding carboxylic acids is 1. The number of nitrogens with one attached hydrogen (secondary N) is 3. The van der Waals surface area contributed by atoms with Crippen molar-refractivity contribution in [1.82, 2.24) is 20.2 Å². The number of aromatic nitrogens is 2. The zero-order chi connectivity index (χ0) is 12.2. The Balaban J connectivity index is 2.54. The quantitative estimate of drug-likeness (QED) is 0.379. The Labute approximate surface area is 91.6 Å². The molecule has 0 aliphatic carbocycles. The van der Waals surface area contributed by atoms with Gasteiger partial charge in [0.2, 0.25) is 10.0 Å². The average molecular weight is 248 g/mol. The van der Waals surface area contributed by atoms with E-state index in [4.69, 9.17) is 11.5 Å². The first-order valence-corrected chi connectivity index (χ1v) is 5.73. The van der Waals surface area contributed by atoms with E-state index in [0.717, 1.165) is 6.20 Å². The summed E-state index contributed by atoms with van der Waals surface area (Å²) >= 11 is 0. The minimum atomic E-state index is -3.71. The van der Waals surface area contributed by atoms with Crippen molar-refractivity contribution in [2.24, 2.45) is 5.73 Å². The first kappa shape index (κ1) is 12.3. The molecule has 1 heterocycles. The second kappa shape index (κ2) is 4.81. The summed E-state index contributed by atoms with van der Waals surface area (Å²) in [5, 5.41) is 8.02. The van der Waals surface area contributed by atoms with Crippen LogP contribution in [-0.2, 0) is 10.0 Å². The number of urea groups is 1. The highest BCUT2D eigenvalue weighted by Gasteiger charge is 2.18. The summed E-state index contributed by atoms with van der Waals surface area (Å²) < 4.78 is 25.3. The van der Waals surface area contributed by atoms with Crippen LogP contribution in [0, 0.1) is 0 Å². The Hall–Kier alpha value is -1.81. The van der Waals surface area contributed by atoms with Gasteiger partial charge in [0.05, 0.1) is 6.20 Å². The molecule has 0 aromatic carbocycles. The molecular weight excluding hydrogens is 236 g/mol. The van der Waals surface area contributed by atoms with Gasteiger partial charge < -0.3 is 16.8 Å². The predicted octanol–water partition coefficient (Wildman–Crippen LogP) is -2.06. The van der Waals surface area contributed by atoms with Gasteiger partial charge in [0.15, 0.2) is 0 Å². The number of nitrogens with two attached hydrogens (primary N) is 2. The first-order valence-electron chi connectivity index (χ1n) is 4.25. The van der Waals surface area contributed by atoms with E-state index in [9.17, 15) is 13.2 Å². The number of hydrogen-bond donors (Lipinski definition) is 5. The van der Waals surface area contributed by atoms with E-state index >= 15 is 0 Å². The number of sulfonamides is 1. The Morgan fingerprint density at radius 1 is 1.50 bits per heavy atom. The molecule has 2 amide bonds. The monoisotopic (exact) mass is 248 g/mol. The van der Waals surface area contributed by atoms with Gasteiger partial charge in [-0.25, -0.2) is 17.9 Å². The van der Waals surface area contributed by atoms with Gasteiger partial charge in [-0.3, -0.25) is 5.10 Å². The lowest BCUT2D eigenvalue weighted by Gasteiger charge is -2.05. The van der Waals surface area contributed by atoms with Crippen molar-refractivity contribution in [2.75, 3.05) is 18.8 Å². The molecule has 0 saturated heterocycles. The van der Waals surface area contributed by atoms with Crippen LogP contribution in [0.15, 0.2) is 11.1 Å². The van der Waals surface area contributed by atoms with Crippen LogP contribution in [0.2, 0.25) is 0 Å². The molecule has 0 saturated carbocycles. The molecule has 16 heavy (non-hydrogen) atoms. The number of aromatic amines is 1. The van der Waals surface area contributed by atoms with Crippen molar-refractivity contribution in [3.63, 3.8) is 0 Å². The lowest BCUT2D eigenvalue weighted by molar-refractivity contribution is 0.249. The van der Waals surface area contributed by atoms with Crippen molar-refractivity contribution < 1.29 is 13.2 Å². The number of anilines is 1. The van der Waals surface area contributed by atoms with Crippen LogP contribution >= 0.6 is 0 Å². The van der Waals surface area contributed by atoms with Gasteiger partial charge in [0.1, 0.15) is 10.7 Å². The molecule has 0 radical (unpaired) electrons. The number of nitrogen functional groups attached to an aromatic ring is 1. The molecule has 90 valence electrons. The molecule has 10 heteroatoms. The lowest BCUT2D eigenvalue weighted by atomic mass is 10.6. The molecule has 0 spiro atoms. The van der Waals surface area contributed by atoms with Crippen LogP contribution < -0.4 is 21.5 Å². The first-order chi connectivity index (χ1) is 7.43. The topological polar surface area (TPSA) is 156 Å².